The Labute approximate surface area is 122 Å². The predicted molar refractivity (Wildman–Crippen MR) is 73.2 cm³/mol. The van der Waals surface area contributed by atoms with Gasteiger partial charge in [0.1, 0.15) is 11.6 Å². The molecule has 0 saturated carbocycles. The molecule has 0 aliphatic carbocycles. The molecular weight excluding hydrogens is 278 g/mol. The summed E-state index contributed by atoms with van der Waals surface area (Å²) in [5.41, 5.74) is 0.255. The maximum absolute atomic E-state index is 13.4. The van der Waals surface area contributed by atoms with Crippen LogP contribution in [-0.4, -0.2) is 29.8 Å². The Morgan fingerprint density at radius 1 is 1.29 bits per heavy atom. The van der Waals surface area contributed by atoms with E-state index in [0.717, 1.165) is 12.1 Å². The van der Waals surface area contributed by atoms with Gasteiger partial charge in [0.2, 0.25) is 11.8 Å². The molecule has 1 N–H and O–H groups in total. The van der Waals surface area contributed by atoms with Crippen molar-refractivity contribution < 1.29 is 18.4 Å². The lowest BCUT2D eigenvalue weighted by Gasteiger charge is -2.30. The molecule has 1 heterocycles. The van der Waals surface area contributed by atoms with Crippen molar-refractivity contribution in [3.05, 3.63) is 35.4 Å². The average Bonchev–Trinajstić information content (AvgIpc) is 2.46. The van der Waals surface area contributed by atoms with Gasteiger partial charge in [0.25, 0.3) is 0 Å². The minimum absolute atomic E-state index is 0.0160. The Morgan fingerprint density at radius 2 is 1.95 bits per heavy atom. The van der Waals surface area contributed by atoms with Crippen molar-refractivity contribution >= 4 is 11.8 Å². The Morgan fingerprint density at radius 3 is 2.52 bits per heavy atom. The molecule has 21 heavy (non-hydrogen) atoms. The van der Waals surface area contributed by atoms with E-state index in [0.29, 0.717) is 25.9 Å². The zero-order chi connectivity index (χ0) is 15.4. The Bertz CT molecular complexity index is 540. The van der Waals surface area contributed by atoms with E-state index in [9.17, 15) is 18.4 Å². The molecule has 1 saturated heterocycles. The smallest absolute Gasteiger partial charge is 0.223 e. The van der Waals surface area contributed by atoms with Gasteiger partial charge in [-0.15, -0.1) is 0 Å². The van der Waals surface area contributed by atoms with Crippen LogP contribution >= 0.6 is 0 Å². The van der Waals surface area contributed by atoms with Crippen molar-refractivity contribution in [2.75, 3.05) is 13.1 Å². The lowest BCUT2D eigenvalue weighted by atomic mass is 9.96. The summed E-state index contributed by atoms with van der Waals surface area (Å²) in [5, 5.41) is 2.67. The molecule has 0 bridgehead atoms. The summed E-state index contributed by atoms with van der Waals surface area (Å²) in [6.45, 7) is 2.69. The van der Waals surface area contributed by atoms with Crippen LogP contribution < -0.4 is 5.32 Å². The van der Waals surface area contributed by atoms with Crippen LogP contribution in [0.5, 0.6) is 0 Å². The maximum atomic E-state index is 13.4. The monoisotopic (exact) mass is 296 g/mol. The van der Waals surface area contributed by atoms with Gasteiger partial charge in [0.15, 0.2) is 0 Å². The molecule has 2 amide bonds. The summed E-state index contributed by atoms with van der Waals surface area (Å²) in [6, 6.07) is 3.28. The van der Waals surface area contributed by atoms with Crippen LogP contribution in [0.25, 0.3) is 0 Å². The van der Waals surface area contributed by atoms with Crippen LogP contribution in [0.4, 0.5) is 8.78 Å². The van der Waals surface area contributed by atoms with Gasteiger partial charge in [0, 0.05) is 44.1 Å². The molecule has 0 aromatic heterocycles. The number of nitrogens with zero attached hydrogens (tertiary/aromatic N) is 1. The minimum atomic E-state index is -0.665. The van der Waals surface area contributed by atoms with Crippen molar-refractivity contribution in [1.29, 1.82) is 0 Å². The number of nitrogens with one attached hydrogen (secondary N) is 1. The van der Waals surface area contributed by atoms with E-state index in [-0.39, 0.29) is 29.8 Å². The van der Waals surface area contributed by atoms with Crippen LogP contribution in [0.15, 0.2) is 18.2 Å². The fourth-order valence-corrected chi connectivity index (χ4v) is 2.45. The second-order valence-electron chi connectivity index (χ2n) is 5.23. The van der Waals surface area contributed by atoms with Crippen LogP contribution in [0.3, 0.4) is 0 Å². The first-order valence-electron chi connectivity index (χ1n) is 6.94. The number of carbonyl (C=O) groups is 2. The van der Waals surface area contributed by atoms with E-state index in [2.05, 4.69) is 5.32 Å². The molecule has 0 radical (unpaired) electrons. The SMILES string of the molecule is CC(=O)N1CCC(C(=O)NCc2ccc(F)cc2F)CC1. The first kappa shape index (κ1) is 15.4. The molecule has 0 atom stereocenters. The fraction of sp³-hybridized carbons (Fsp3) is 0.467. The molecule has 1 aromatic rings. The lowest BCUT2D eigenvalue weighted by Crippen LogP contribution is -2.42. The molecule has 114 valence electrons. The third-order valence-corrected chi connectivity index (χ3v) is 3.78. The van der Waals surface area contributed by atoms with Gasteiger partial charge in [0.05, 0.1) is 0 Å². The second kappa shape index (κ2) is 6.65. The number of hydrogen-bond donors (Lipinski definition) is 1. The van der Waals surface area contributed by atoms with Crippen molar-refractivity contribution in [1.82, 2.24) is 10.2 Å². The summed E-state index contributed by atoms with van der Waals surface area (Å²) in [7, 11) is 0. The lowest BCUT2D eigenvalue weighted by molar-refractivity contribution is -0.134. The first-order valence-corrected chi connectivity index (χ1v) is 6.94. The zero-order valence-corrected chi connectivity index (χ0v) is 11.9. The van der Waals surface area contributed by atoms with Crippen LogP contribution in [0.1, 0.15) is 25.3 Å². The number of rotatable bonds is 3. The van der Waals surface area contributed by atoms with E-state index in [4.69, 9.17) is 0 Å². The molecule has 0 unspecified atom stereocenters. The number of hydrogen-bond acceptors (Lipinski definition) is 2. The van der Waals surface area contributed by atoms with E-state index in [1.54, 1.807) is 4.90 Å². The Hall–Kier alpha value is -1.98. The van der Waals surface area contributed by atoms with Crippen LogP contribution in [-0.2, 0) is 16.1 Å². The summed E-state index contributed by atoms with van der Waals surface area (Å²) in [6.07, 6.45) is 1.22. The van der Waals surface area contributed by atoms with Gasteiger partial charge in [-0.3, -0.25) is 9.59 Å². The van der Waals surface area contributed by atoms with E-state index >= 15 is 0 Å². The van der Waals surface area contributed by atoms with Crippen molar-refractivity contribution in [2.45, 2.75) is 26.3 Å². The molecule has 1 aliphatic rings. The van der Waals surface area contributed by atoms with E-state index in [1.165, 1.54) is 13.0 Å². The third kappa shape index (κ3) is 4.00. The summed E-state index contributed by atoms with van der Waals surface area (Å²) < 4.78 is 26.2. The second-order valence-corrected chi connectivity index (χ2v) is 5.23. The summed E-state index contributed by atoms with van der Waals surface area (Å²) >= 11 is 0. The molecule has 0 spiro atoms. The largest absolute Gasteiger partial charge is 0.352 e. The number of likely N-dealkylation sites (tertiary alicyclic amines) is 1. The standard InChI is InChI=1S/C15H18F2N2O2/c1-10(20)19-6-4-11(5-7-19)15(21)18-9-12-2-3-13(16)8-14(12)17/h2-3,8,11H,4-7,9H2,1H3,(H,18,21). The first-order chi connectivity index (χ1) is 9.97. The fourth-order valence-electron chi connectivity index (χ4n) is 2.45. The highest BCUT2D eigenvalue weighted by Gasteiger charge is 2.25. The number of benzene rings is 1. The topological polar surface area (TPSA) is 49.4 Å². The zero-order valence-electron chi connectivity index (χ0n) is 11.9. The van der Waals surface area contributed by atoms with Crippen molar-refractivity contribution in [2.24, 2.45) is 5.92 Å². The highest BCUT2D eigenvalue weighted by atomic mass is 19.1. The van der Waals surface area contributed by atoms with Gasteiger partial charge in [-0.1, -0.05) is 6.07 Å². The average molecular weight is 296 g/mol. The molecule has 1 aliphatic heterocycles. The van der Waals surface area contributed by atoms with Gasteiger partial charge < -0.3 is 10.2 Å². The number of halogens is 2. The number of amides is 2. The molecule has 4 nitrogen and oxygen atoms in total. The maximum Gasteiger partial charge on any atom is 0.223 e. The van der Waals surface area contributed by atoms with Gasteiger partial charge >= 0.3 is 0 Å². The molecule has 1 aromatic carbocycles. The van der Waals surface area contributed by atoms with Crippen LogP contribution in [0.2, 0.25) is 0 Å². The normalized spacial score (nSPS) is 15.9. The number of carbonyl (C=O) groups excluding carboxylic acids is 2. The quantitative estimate of drug-likeness (QED) is 0.925. The van der Waals surface area contributed by atoms with E-state index in [1.807, 2.05) is 0 Å². The van der Waals surface area contributed by atoms with Gasteiger partial charge in [-0.25, -0.2) is 8.78 Å². The summed E-state index contributed by atoms with van der Waals surface area (Å²) in [5.74, 6) is -1.60. The van der Waals surface area contributed by atoms with Gasteiger partial charge in [-0.05, 0) is 18.9 Å². The third-order valence-electron chi connectivity index (χ3n) is 3.78. The highest BCUT2D eigenvalue weighted by molar-refractivity contribution is 5.79. The molecule has 6 heteroatoms. The summed E-state index contributed by atoms with van der Waals surface area (Å²) in [4.78, 5) is 24.9. The molecule has 1 fully saturated rings. The van der Waals surface area contributed by atoms with Crippen molar-refractivity contribution in [3.8, 4) is 0 Å². The minimum Gasteiger partial charge on any atom is -0.352 e. The molecular formula is C15H18F2N2O2. The molecule has 2 rings (SSSR count). The Balaban J connectivity index is 1.84. The highest BCUT2D eigenvalue weighted by Crippen LogP contribution is 2.18. The van der Waals surface area contributed by atoms with Crippen molar-refractivity contribution in [3.63, 3.8) is 0 Å². The van der Waals surface area contributed by atoms with Gasteiger partial charge in [-0.2, -0.15) is 0 Å². The van der Waals surface area contributed by atoms with Crippen LogP contribution in [0, 0.1) is 17.6 Å². The predicted octanol–water partition coefficient (Wildman–Crippen LogP) is 1.84. The Kier molecular flexibility index (Phi) is 4.88. The number of piperidine rings is 1. The van der Waals surface area contributed by atoms with E-state index < -0.39 is 11.6 Å².